The summed E-state index contributed by atoms with van der Waals surface area (Å²) >= 11 is 3.15. The summed E-state index contributed by atoms with van der Waals surface area (Å²) in [4.78, 5) is 182. The van der Waals surface area contributed by atoms with Crippen molar-refractivity contribution in [3.8, 4) is 20.9 Å². The first-order valence-electron chi connectivity index (χ1n) is 43.1. The molecule has 9 N–H and O–H groups in total. The lowest BCUT2D eigenvalue weighted by Gasteiger charge is -2.36. The third-order valence-electron chi connectivity index (χ3n) is 22.5. The highest BCUT2D eigenvalue weighted by atomic mass is 32.1. The molecule has 7 amide bonds. The molecular formula is C93H120N14O17S2. The molecule has 3 saturated heterocycles. The molecule has 31 nitrogen and oxygen atoms in total. The number of carbonyl (C=O) groups excluding carboxylic acids is 8. The third kappa shape index (κ3) is 28.5. The van der Waals surface area contributed by atoms with Crippen molar-refractivity contribution in [1.82, 2.24) is 65.5 Å². The van der Waals surface area contributed by atoms with E-state index in [1.165, 1.54) is 16.7 Å². The number of aromatic nitrogens is 6. The maximum absolute atomic E-state index is 14.1. The molecule has 7 aromatic rings. The van der Waals surface area contributed by atoms with Gasteiger partial charge < -0.3 is 66.4 Å². The summed E-state index contributed by atoms with van der Waals surface area (Å²) in [5.74, 6) is -4.35. The van der Waals surface area contributed by atoms with Gasteiger partial charge in [0.25, 0.3) is 5.56 Å². The zero-order valence-corrected chi connectivity index (χ0v) is 75.2. The number of aryl methyl sites for hydroxylation is 3. The van der Waals surface area contributed by atoms with Crippen LogP contribution in [0.5, 0.6) is 0 Å². The van der Waals surface area contributed by atoms with E-state index >= 15 is 0 Å². The number of thiazole rings is 2. The van der Waals surface area contributed by atoms with Crippen LogP contribution in [-0.4, -0.2) is 210 Å². The minimum atomic E-state index is -0.919. The number of hydrogen-bond acceptors (Lipinski definition) is 22. The van der Waals surface area contributed by atoms with Gasteiger partial charge in [0, 0.05) is 127 Å². The van der Waals surface area contributed by atoms with Crippen LogP contribution in [0.15, 0.2) is 125 Å². The lowest BCUT2D eigenvalue weighted by Crippen LogP contribution is -2.57. The van der Waals surface area contributed by atoms with Crippen molar-refractivity contribution in [1.29, 1.82) is 0 Å². The van der Waals surface area contributed by atoms with Gasteiger partial charge in [0.15, 0.2) is 5.78 Å². The normalized spacial score (nSPS) is 17.2. The number of aliphatic carboxylic acids is 3. The Morgan fingerprint density at radius 1 is 0.540 bits per heavy atom. The van der Waals surface area contributed by atoms with Gasteiger partial charge in [0.1, 0.15) is 35.6 Å². The number of amides is 7. The number of nitrogens with one attached hydrogen (secondary N) is 4. The van der Waals surface area contributed by atoms with Gasteiger partial charge in [-0.15, -0.1) is 22.7 Å². The van der Waals surface area contributed by atoms with Crippen LogP contribution in [0.2, 0.25) is 0 Å². The Balaban J connectivity index is 0.000000283. The molecule has 3 aliphatic heterocycles. The van der Waals surface area contributed by atoms with Gasteiger partial charge in [-0.05, 0) is 130 Å². The fourth-order valence-electron chi connectivity index (χ4n) is 15.6. The van der Waals surface area contributed by atoms with Gasteiger partial charge in [-0.1, -0.05) is 139 Å². The van der Waals surface area contributed by atoms with Crippen molar-refractivity contribution < 1.29 is 78.3 Å². The second-order valence-electron chi connectivity index (χ2n) is 34.5. The molecule has 126 heavy (non-hydrogen) atoms. The minimum absolute atomic E-state index is 0.00400. The monoisotopic (exact) mass is 1770 g/mol. The summed E-state index contributed by atoms with van der Waals surface area (Å²) in [5.41, 5.74) is 11.0. The van der Waals surface area contributed by atoms with E-state index in [4.69, 9.17) is 25.3 Å². The summed E-state index contributed by atoms with van der Waals surface area (Å²) < 4.78 is 1.73. The standard InChI is InChI=1S/C55H68N10O7S.C30H40N4O6S.C8H12O4/c1-34-43-31-57-45(60-51(43)65(40-13-11-12-14-40)53(71)48(34)36(3)66)27-39-21-22-41(30-56-39)62-23-25-63(26-24-62)47(69)16-10-8-7-9-15-46(68)61-50(55(4,5)6)54(72)64-32-42(67)28-44(64)52(70)58-29-37-17-19-38(20-18-37)49-35(2)59-33-73-49;1-19-26(41-18-32-19)21-13-11-20(12-14-21)16-31-28(39)23-15-22(35)17-34(23)29(40)27(30(2,3)4)33-24(36)9-7-5-6-8-10-25(37)38;9-7(10)5-3-1-2-4-6-8(11)12/h7-8,17-22,30-31,33,40,42,44,50,67H,9-16,23-29,32H2,1-6H3,(H,58,70)(H,61,68);5-6,11-14,18,22-23,27,35H,7-10,15-17H2,1-4H3,(H,31,39)(H,33,36)(H,37,38);1-2H,3-6H2,(H,9,10)(H,11,12)/b8-7+;6-5+;2-1+/t42-,44+,50-;22-,23+,27-;/m11./s1. The highest BCUT2D eigenvalue weighted by molar-refractivity contribution is 7.13. The predicted molar refractivity (Wildman–Crippen MR) is 481 cm³/mol. The number of allylic oxidation sites excluding steroid dienone is 6. The fraction of sp³-hybridized carbons (Fsp3) is 0.495. The number of nitrogens with zero attached hydrogens (tertiary/aromatic N) is 10. The number of carboxylic acids is 3. The summed E-state index contributed by atoms with van der Waals surface area (Å²) in [5, 5.41) is 58.4. The lowest BCUT2D eigenvalue weighted by atomic mass is 9.85. The second kappa shape index (κ2) is 46.6. The number of pyridine rings is 2. The zero-order valence-electron chi connectivity index (χ0n) is 73.6. The van der Waals surface area contributed by atoms with Crippen LogP contribution in [0, 0.1) is 31.6 Å². The van der Waals surface area contributed by atoms with Crippen LogP contribution in [0.4, 0.5) is 5.69 Å². The number of hydrogen-bond donors (Lipinski definition) is 9. The van der Waals surface area contributed by atoms with Gasteiger partial charge in [-0.2, -0.15) is 0 Å². The summed E-state index contributed by atoms with van der Waals surface area (Å²) in [6.07, 6.45) is 20.5. The number of Topliss-reactive ketones (excluding diaryl/α,β-unsaturated/α-hetero) is 1. The van der Waals surface area contributed by atoms with Gasteiger partial charge >= 0.3 is 17.9 Å². The Kier molecular flexibility index (Phi) is 36.3. The number of rotatable bonds is 35. The number of aliphatic hydroxyl groups is 2. The molecular weight excluding hydrogens is 1650 g/mol. The number of ketones is 1. The van der Waals surface area contributed by atoms with Gasteiger partial charge in [0.05, 0.1) is 68.2 Å². The van der Waals surface area contributed by atoms with E-state index in [1.54, 1.807) is 64.7 Å². The summed E-state index contributed by atoms with van der Waals surface area (Å²) in [7, 11) is 0. The van der Waals surface area contributed by atoms with Crippen LogP contribution in [0.3, 0.4) is 0 Å². The number of carboxylic acid groups (broad SMARTS) is 3. The smallest absolute Gasteiger partial charge is 0.303 e. The van der Waals surface area contributed by atoms with Crippen molar-refractivity contribution in [3.05, 3.63) is 176 Å². The van der Waals surface area contributed by atoms with E-state index in [2.05, 4.69) is 41.1 Å². The molecule has 0 spiro atoms. The Bertz CT molecular complexity index is 5090. The Labute approximate surface area is 742 Å². The third-order valence-corrected chi connectivity index (χ3v) is 24.5. The first-order chi connectivity index (χ1) is 59.9. The first-order valence-corrected chi connectivity index (χ1v) is 44.8. The van der Waals surface area contributed by atoms with Gasteiger partial charge in [0.2, 0.25) is 41.4 Å². The number of anilines is 1. The number of carbonyl (C=O) groups is 11. The van der Waals surface area contributed by atoms with E-state index in [0.29, 0.717) is 94.6 Å². The Morgan fingerprint density at radius 2 is 0.968 bits per heavy atom. The van der Waals surface area contributed by atoms with Crippen LogP contribution >= 0.6 is 22.7 Å². The number of aliphatic hydroxyl groups excluding tert-OH is 2. The van der Waals surface area contributed by atoms with Crippen LogP contribution < -0.4 is 31.7 Å². The molecule has 33 heteroatoms. The van der Waals surface area contributed by atoms with E-state index in [-0.39, 0.29) is 124 Å². The number of fused-ring (bicyclic) bond motifs is 1. The molecule has 0 bridgehead atoms. The molecule has 1 aliphatic carbocycles. The summed E-state index contributed by atoms with van der Waals surface area (Å²) in [6, 6.07) is 16.2. The maximum atomic E-state index is 14.1. The average Bonchev–Trinajstić information content (AvgIpc) is 0.885. The number of β-amino-alcohol motifs (C(OH)–C–C–N with tert-alkyl or cyclic N) is 2. The molecule has 6 atom stereocenters. The molecule has 0 unspecified atom stereocenters. The lowest BCUT2D eigenvalue weighted by molar-refractivity contribution is -0.144. The zero-order chi connectivity index (χ0) is 91.5. The molecule has 5 aromatic heterocycles. The van der Waals surface area contributed by atoms with Crippen molar-refractivity contribution >= 4 is 104 Å². The minimum Gasteiger partial charge on any atom is -0.481 e. The second-order valence-corrected chi connectivity index (χ2v) is 36.2. The molecule has 676 valence electrons. The Morgan fingerprint density at radius 3 is 1.36 bits per heavy atom. The van der Waals surface area contributed by atoms with Crippen molar-refractivity contribution in [2.75, 3.05) is 44.2 Å². The largest absolute Gasteiger partial charge is 0.481 e. The number of likely N-dealkylation sites (tertiary alicyclic amines) is 2. The van der Waals surface area contributed by atoms with Crippen molar-refractivity contribution in [2.45, 2.75) is 247 Å². The van der Waals surface area contributed by atoms with Gasteiger partial charge in [-0.3, -0.25) is 67.1 Å². The van der Waals surface area contributed by atoms with Crippen molar-refractivity contribution in [2.24, 2.45) is 10.8 Å². The number of benzene rings is 2. The highest BCUT2D eigenvalue weighted by Crippen LogP contribution is 2.35. The molecule has 8 heterocycles. The number of piperazine rings is 1. The van der Waals surface area contributed by atoms with Crippen LogP contribution in [-0.2, 0) is 67.5 Å². The first kappa shape index (κ1) is 98.2. The SMILES string of the molecule is CC(=O)c1c(C)c2cnc(Cc3ccc(N4CCN(C(=O)CC/C=C/CCC(=O)N[C@H](C(=O)N5C[C@H](O)C[C@H]5C(=O)NCc5ccc(-c6scnc6C)cc5)C(C)(C)C)CC4)cn3)nc2n(C2CCCC2)c1=O.Cc1ncsc1-c1ccc(CNC(=O)[C@@H]2C[C@@H](O)CN2C(=O)[C@@H](NC(=O)CC/C=C/CCC(=O)O)C(C)(C)C)cc1.O=C(O)CC/C=C/CCC(=O)O. The molecule has 0 radical (unpaired) electrons. The molecule has 1 saturated carbocycles. The predicted octanol–water partition coefficient (Wildman–Crippen LogP) is 11.1. The van der Waals surface area contributed by atoms with Crippen LogP contribution in [0.25, 0.3) is 31.9 Å². The quantitative estimate of drug-likeness (QED) is 0.0132. The van der Waals surface area contributed by atoms with Gasteiger partial charge in [-0.25, -0.2) is 19.9 Å². The average molecular weight is 1770 g/mol. The topological polar surface area (TPSA) is 436 Å². The molecule has 4 fully saturated rings. The Hall–Kier alpha value is -11.6. The van der Waals surface area contributed by atoms with Crippen LogP contribution in [0.1, 0.15) is 220 Å². The van der Waals surface area contributed by atoms with Crippen molar-refractivity contribution in [3.63, 3.8) is 0 Å². The van der Waals surface area contributed by atoms with E-state index in [0.717, 1.165) is 85.8 Å². The highest BCUT2D eigenvalue weighted by Gasteiger charge is 2.46. The molecule has 4 aliphatic rings. The fourth-order valence-corrected chi connectivity index (χ4v) is 17.2. The maximum Gasteiger partial charge on any atom is 0.303 e. The molecule has 11 rings (SSSR count). The van der Waals surface area contributed by atoms with E-state index in [9.17, 15) is 67.7 Å². The van der Waals surface area contributed by atoms with E-state index < -0.39 is 76.9 Å². The van der Waals surface area contributed by atoms with E-state index in [1.807, 2.05) is 150 Å². The molecule has 2 aromatic carbocycles. The summed E-state index contributed by atoms with van der Waals surface area (Å²) in [6.45, 7) is 21.3.